The van der Waals surface area contributed by atoms with E-state index in [2.05, 4.69) is 16.8 Å². The van der Waals surface area contributed by atoms with Gasteiger partial charge in [0.2, 0.25) is 0 Å². The van der Waals surface area contributed by atoms with Crippen LogP contribution in [0.25, 0.3) is 0 Å². The van der Waals surface area contributed by atoms with Crippen molar-refractivity contribution in [3.05, 3.63) is 45.3 Å². The molecule has 2 aromatic heterocycles. The van der Waals surface area contributed by atoms with Crippen molar-refractivity contribution in [2.24, 2.45) is 7.05 Å². The Morgan fingerprint density at radius 3 is 2.94 bits per heavy atom. The summed E-state index contributed by atoms with van der Waals surface area (Å²) in [5.74, 6) is 0. The number of imidazole rings is 1. The quantitative estimate of drug-likeness (QED) is 0.789. The highest BCUT2D eigenvalue weighted by Crippen LogP contribution is 2.06. The van der Waals surface area contributed by atoms with E-state index in [0.29, 0.717) is 6.54 Å². The maximum atomic E-state index is 11.5. The minimum atomic E-state index is 0.0397. The van der Waals surface area contributed by atoms with Gasteiger partial charge in [-0.2, -0.15) is 0 Å². The van der Waals surface area contributed by atoms with Crippen molar-refractivity contribution < 1.29 is 0 Å². The molecule has 4 nitrogen and oxygen atoms in total. The summed E-state index contributed by atoms with van der Waals surface area (Å²) in [5, 5.41) is 5.38. The summed E-state index contributed by atoms with van der Waals surface area (Å²) in [7, 11) is 1.76. The largest absolute Gasteiger partial charge is 0.327 e. The van der Waals surface area contributed by atoms with Crippen molar-refractivity contribution in [1.82, 2.24) is 14.5 Å². The Balaban J connectivity index is 1.76. The van der Waals surface area contributed by atoms with Gasteiger partial charge in [-0.3, -0.25) is 4.57 Å². The SMILES string of the molecule is Cn1ccn(CCNCc2cccs2)c1=O. The van der Waals surface area contributed by atoms with Gasteiger partial charge in [0.25, 0.3) is 0 Å². The second kappa shape index (κ2) is 5.14. The third-order valence-corrected chi connectivity index (χ3v) is 3.30. The van der Waals surface area contributed by atoms with Crippen LogP contribution in [0.2, 0.25) is 0 Å². The molecule has 0 fully saturated rings. The topological polar surface area (TPSA) is 39.0 Å². The Hall–Kier alpha value is -1.33. The molecule has 0 aliphatic rings. The minimum Gasteiger partial charge on any atom is -0.310 e. The van der Waals surface area contributed by atoms with E-state index in [1.165, 1.54) is 4.88 Å². The first-order valence-electron chi connectivity index (χ1n) is 5.22. The van der Waals surface area contributed by atoms with Crippen molar-refractivity contribution in [2.75, 3.05) is 6.54 Å². The van der Waals surface area contributed by atoms with Crippen LogP contribution < -0.4 is 11.0 Å². The number of thiophene rings is 1. The molecule has 0 aromatic carbocycles. The second-order valence-electron chi connectivity index (χ2n) is 3.64. The van der Waals surface area contributed by atoms with Crippen LogP contribution in [0, 0.1) is 0 Å². The molecule has 2 aromatic rings. The summed E-state index contributed by atoms with van der Waals surface area (Å²) in [6, 6.07) is 4.15. The van der Waals surface area contributed by atoms with Crippen LogP contribution in [0.1, 0.15) is 4.88 Å². The van der Waals surface area contributed by atoms with Crippen LogP contribution in [-0.4, -0.2) is 15.7 Å². The number of rotatable bonds is 5. The van der Waals surface area contributed by atoms with E-state index in [-0.39, 0.29) is 5.69 Å². The van der Waals surface area contributed by atoms with E-state index < -0.39 is 0 Å². The predicted octanol–water partition coefficient (Wildman–Crippen LogP) is 1.04. The number of aryl methyl sites for hydroxylation is 1. The van der Waals surface area contributed by atoms with Crippen LogP contribution in [-0.2, 0) is 20.1 Å². The molecule has 5 heteroatoms. The zero-order valence-electron chi connectivity index (χ0n) is 9.22. The van der Waals surface area contributed by atoms with Gasteiger partial charge >= 0.3 is 5.69 Å². The Bertz CT molecular complexity index is 484. The molecular formula is C11H15N3OS. The van der Waals surface area contributed by atoms with Crippen LogP contribution in [0.15, 0.2) is 34.7 Å². The van der Waals surface area contributed by atoms with Gasteiger partial charge in [-0.15, -0.1) is 11.3 Å². The number of hydrogen-bond acceptors (Lipinski definition) is 3. The molecule has 0 aliphatic carbocycles. The molecule has 0 aliphatic heterocycles. The molecule has 2 heterocycles. The highest BCUT2D eigenvalue weighted by molar-refractivity contribution is 7.09. The van der Waals surface area contributed by atoms with Crippen LogP contribution in [0.4, 0.5) is 0 Å². The molecule has 86 valence electrons. The van der Waals surface area contributed by atoms with Crippen molar-refractivity contribution >= 4 is 11.3 Å². The maximum absolute atomic E-state index is 11.5. The highest BCUT2D eigenvalue weighted by atomic mass is 32.1. The monoisotopic (exact) mass is 237 g/mol. The number of aromatic nitrogens is 2. The van der Waals surface area contributed by atoms with Gasteiger partial charge in [0.05, 0.1) is 0 Å². The Kier molecular flexibility index (Phi) is 3.58. The van der Waals surface area contributed by atoms with Gasteiger partial charge < -0.3 is 9.88 Å². The summed E-state index contributed by atoms with van der Waals surface area (Å²) >= 11 is 1.74. The summed E-state index contributed by atoms with van der Waals surface area (Å²) in [6.07, 6.45) is 3.59. The lowest BCUT2D eigenvalue weighted by Gasteiger charge is -2.03. The van der Waals surface area contributed by atoms with Crippen LogP contribution in [0.3, 0.4) is 0 Å². The second-order valence-corrected chi connectivity index (χ2v) is 4.67. The van der Waals surface area contributed by atoms with E-state index in [1.807, 2.05) is 12.3 Å². The average molecular weight is 237 g/mol. The van der Waals surface area contributed by atoms with Crippen LogP contribution in [0.5, 0.6) is 0 Å². The molecule has 0 atom stereocenters. The zero-order chi connectivity index (χ0) is 11.4. The molecule has 0 saturated carbocycles. The number of nitrogens with zero attached hydrogens (tertiary/aromatic N) is 2. The Morgan fingerprint density at radius 2 is 2.31 bits per heavy atom. The Morgan fingerprint density at radius 1 is 1.44 bits per heavy atom. The highest BCUT2D eigenvalue weighted by Gasteiger charge is 1.98. The molecule has 16 heavy (non-hydrogen) atoms. The van der Waals surface area contributed by atoms with E-state index in [9.17, 15) is 4.79 Å². The summed E-state index contributed by atoms with van der Waals surface area (Å²) in [4.78, 5) is 12.8. The fourth-order valence-electron chi connectivity index (χ4n) is 1.51. The summed E-state index contributed by atoms with van der Waals surface area (Å²) in [5.41, 5.74) is 0.0397. The minimum absolute atomic E-state index is 0.0397. The van der Waals surface area contributed by atoms with Gasteiger partial charge in [0, 0.05) is 44.0 Å². The van der Waals surface area contributed by atoms with Gasteiger partial charge in [0.15, 0.2) is 0 Å². The molecule has 0 saturated heterocycles. The summed E-state index contributed by atoms with van der Waals surface area (Å²) < 4.78 is 3.29. The molecule has 0 bridgehead atoms. The number of hydrogen-bond donors (Lipinski definition) is 1. The van der Waals surface area contributed by atoms with Gasteiger partial charge in [0.1, 0.15) is 0 Å². The van der Waals surface area contributed by atoms with E-state index in [0.717, 1.165) is 13.1 Å². The predicted molar refractivity (Wildman–Crippen MR) is 65.7 cm³/mol. The molecule has 0 unspecified atom stereocenters. The van der Waals surface area contributed by atoms with Gasteiger partial charge in [-0.25, -0.2) is 4.79 Å². The zero-order valence-corrected chi connectivity index (χ0v) is 10.0. The first-order valence-corrected chi connectivity index (χ1v) is 6.10. The fourth-order valence-corrected chi connectivity index (χ4v) is 2.18. The van der Waals surface area contributed by atoms with Crippen molar-refractivity contribution in [1.29, 1.82) is 0 Å². The van der Waals surface area contributed by atoms with Crippen molar-refractivity contribution in [3.8, 4) is 0 Å². The molecule has 0 spiro atoms. The smallest absolute Gasteiger partial charge is 0.310 e. The van der Waals surface area contributed by atoms with Crippen molar-refractivity contribution in [3.63, 3.8) is 0 Å². The van der Waals surface area contributed by atoms with E-state index >= 15 is 0 Å². The number of nitrogens with one attached hydrogen (secondary N) is 1. The third-order valence-electron chi connectivity index (χ3n) is 2.43. The molecule has 0 amide bonds. The third kappa shape index (κ3) is 2.62. The van der Waals surface area contributed by atoms with E-state index in [4.69, 9.17) is 0 Å². The van der Waals surface area contributed by atoms with Gasteiger partial charge in [-0.05, 0) is 11.4 Å². The standard InChI is InChI=1S/C11H15N3OS/c1-13-6-7-14(11(13)15)5-4-12-9-10-3-2-8-16-10/h2-3,6-8,12H,4-5,9H2,1H3. The first kappa shape index (κ1) is 11.2. The first-order chi connectivity index (χ1) is 7.77. The fraction of sp³-hybridized carbons (Fsp3) is 0.364. The lowest BCUT2D eigenvalue weighted by molar-refractivity contribution is 0.580. The normalized spacial score (nSPS) is 10.8. The van der Waals surface area contributed by atoms with Gasteiger partial charge in [-0.1, -0.05) is 6.07 Å². The van der Waals surface area contributed by atoms with Crippen molar-refractivity contribution in [2.45, 2.75) is 13.1 Å². The molecular weight excluding hydrogens is 222 g/mol. The lowest BCUT2D eigenvalue weighted by Crippen LogP contribution is -2.27. The molecule has 2 rings (SSSR count). The molecule has 1 N–H and O–H groups in total. The maximum Gasteiger partial charge on any atom is 0.327 e. The molecule has 0 radical (unpaired) electrons. The summed E-state index contributed by atoms with van der Waals surface area (Å²) in [6.45, 7) is 2.39. The van der Waals surface area contributed by atoms with E-state index in [1.54, 1.807) is 33.7 Å². The average Bonchev–Trinajstić information content (AvgIpc) is 2.88. The Labute approximate surface area is 98.1 Å². The van der Waals surface area contributed by atoms with Crippen LogP contribution >= 0.6 is 11.3 Å². The lowest BCUT2D eigenvalue weighted by atomic mass is 10.4.